The molecule has 1 aliphatic rings. The topological polar surface area (TPSA) is 130 Å². The van der Waals surface area contributed by atoms with Gasteiger partial charge in [0.2, 0.25) is 0 Å². The van der Waals surface area contributed by atoms with Crippen LogP contribution in [0.15, 0.2) is 18.3 Å². The molecule has 1 amide bonds. The van der Waals surface area contributed by atoms with Gasteiger partial charge < -0.3 is 25.4 Å². The van der Waals surface area contributed by atoms with Crippen molar-refractivity contribution >= 4 is 34.0 Å². The number of rotatable bonds is 4. The highest BCUT2D eigenvalue weighted by Gasteiger charge is 2.44. The van der Waals surface area contributed by atoms with E-state index in [-0.39, 0.29) is 19.6 Å². The van der Waals surface area contributed by atoms with Gasteiger partial charge in [-0.2, -0.15) is 0 Å². The van der Waals surface area contributed by atoms with Gasteiger partial charge in [0.05, 0.1) is 25.2 Å². The van der Waals surface area contributed by atoms with Crippen LogP contribution < -0.4 is 5.73 Å². The molecule has 9 nitrogen and oxygen atoms in total. The van der Waals surface area contributed by atoms with E-state index in [1.165, 1.54) is 4.90 Å². The van der Waals surface area contributed by atoms with Crippen LogP contribution in [0.4, 0.5) is 10.6 Å². The van der Waals surface area contributed by atoms with Crippen molar-refractivity contribution in [2.24, 2.45) is 0 Å². The fourth-order valence-electron chi connectivity index (χ4n) is 3.55. The second kappa shape index (κ2) is 5.80. The number of fused-ring (bicyclic) bond motifs is 3. The molecule has 4 rings (SSSR count). The number of aliphatic hydroxyl groups is 1. The number of carboxylic acid groups (broad SMARTS) is 1. The summed E-state index contributed by atoms with van der Waals surface area (Å²) in [6, 6.07) is 3.62. The first kappa shape index (κ1) is 16.5. The Balaban J connectivity index is 1.86. The Morgan fingerprint density at radius 1 is 1.35 bits per heavy atom. The van der Waals surface area contributed by atoms with Crippen LogP contribution in [0.25, 0.3) is 22.1 Å². The molecular formula is C17H20N6O3. The van der Waals surface area contributed by atoms with Crippen LogP contribution in [0.1, 0.15) is 19.2 Å². The fourth-order valence-corrected chi connectivity index (χ4v) is 3.55. The average molecular weight is 356 g/mol. The summed E-state index contributed by atoms with van der Waals surface area (Å²) in [6.07, 6.45) is 2.24. The molecule has 9 heteroatoms. The van der Waals surface area contributed by atoms with Crippen molar-refractivity contribution in [1.82, 2.24) is 24.4 Å². The summed E-state index contributed by atoms with van der Waals surface area (Å²) < 4.78 is 1.92. The lowest BCUT2D eigenvalue weighted by atomic mass is 9.94. The predicted octanol–water partition coefficient (Wildman–Crippen LogP) is 1.24. The number of imidazole rings is 1. The van der Waals surface area contributed by atoms with Crippen molar-refractivity contribution in [3.05, 3.63) is 24.2 Å². The predicted molar refractivity (Wildman–Crippen MR) is 95.8 cm³/mol. The molecule has 3 aromatic rings. The first-order valence-corrected chi connectivity index (χ1v) is 8.51. The maximum Gasteiger partial charge on any atom is 0.407 e. The van der Waals surface area contributed by atoms with Crippen LogP contribution in [0.2, 0.25) is 0 Å². The van der Waals surface area contributed by atoms with Gasteiger partial charge in [-0.15, -0.1) is 0 Å². The van der Waals surface area contributed by atoms with E-state index in [0.717, 1.165) is 17.8 Å². The zero-order valence-corrected chi connectivity index (χ0v) is 14.4. The molecule has 4 N–H and O–H groups in total. The van der Waals surface area contributed by atoms with Gasteiger partial charge in [0.15, 0.2) is 5.82 Å². The Labute approximate surface area is 149 Å². The molecule has 0 aliphatic carbocycles. The van der Waals surface area contributed by atoms with Crippen molar-refractivity contribution in [3.63, 3.8) is 0 Å². The normalized spacial score (nSPS) is 16.2. The molecule has 0 unspecified atom stereocenters. The van der Waals surface area contributed by atoms with Crippen molar-refractivity contribution < 1.29 is 15.0 Å². The number of aryl methyl sites for hydroxylation is 1. The Morgan fingerprint density at radius 2 is 2.12 bits per heavy atom. The lowest BCUT2D eigenvalue weighted by molar-refractivity contribution is -0.0941. The molecule has 0 spiro atoms. The van der Waals surface area contributed by atoms with Crippen molar-refractivity contribution in [2.45, 2.75) is 31.9 Å². The lowest BCUT2D eigenvalue weighted by Gasteiger charge is -2.45. The minimum atomic E-state index is -1.13. The van der Waals surface area contributed by atoms with Gasteiger partial charge in [0.25, 0.3) is 0 Å². The summed E-state index contributed by atoms with van der Waals surface area (Å²) in [5.41, 5.74) is 7.61. The largest absolute Gasteiger partial charge is 0.465 e. The second-order valence-corrected chi connectivity index (χ2v) is 6.79. The summed E-state index contributed by atoms with van der Waals surface area (Å²) >= 11 is 0. The van der Waals surface area contributed by atoms with E-state index in [1.54, 1.807) is 12.3 Å². The number of hydrogen-bond acceptors (Lipinski definition) is 6. The molecule has 0 aromatic carbocycles. The number of nitrogens with two attached hydrogens (primary N) is 1. The molecule has 1 saturated heterocycles. The van der Waals surface area contributed by atoms with E-state index >= 15 is 0 Å². The van der Waals surface area contributed by atoms with Crippen LogP contribution in [0.3, 0.4) is 0 Å². The highest BCUT2D eigenvalue weighted by atomic mass is 16.4. The van der Waals surface area contributed by atoms with Crippen LogP contribution in [0, 0.1) is 0 Å². The smallest absolute Gasteiger partial charge is 0.407 e. The molecule has 1 fully saturated rings. The number of nitrogen functional groups attached to an aromatic ring is 1. The zero-order chi connectivity index (χ0) is 18.5. The van der Waals surface area contributed by atoms with Gasteiger partial charge in [-0.1, -0.05) is 6.92 Å². The van der Waals surface area contributed by atoms with Crippen molar-refractivity contribution in [3.8, 4) is 0 Å². The Kier molecular flexibility index (Phi) is 3.69. The molecule has 1 aliphatic heterocycles. The minimum Gasteiger partial charge on any atom is -0.465 e. The summed E-state index contributed by atoms with van der Waals surface area (Å²) in [7, 11) is 0. The first-order chi connectivity index (χ1) is 12.4. The second-order valence-electron chi connectivity index (χ2n) is 6.79. The highest BCUT2D eigenvalue weighted by Crippen LogP contribution is 2.31. The number of pyridine rings is 2. The summed E-state index contributed by atoms with van der Waals surface area (Å²) in [5.74, 6) is 1.11. The van der Waals surface area contributed by atoms with Crippen molar-refractivity contribution in [2.75, 3.05) is 18.8 Å². The quantitative estimate of drug-likeness (QED) is 0.641. The summed E-state index contributed by atoms with van der Waals surface area (Å²) in [6.45, 7) is 2.42. The minimum absolute atomic E-state index is 0.0689. The Hall–Kier alpha value is -2.94. The zero-order valence-electron chi connectivity index (χ0n) is 14.4. The number of anilines is 1. The molecule has 4 heterocycles. The lowest BCUT2D eigenvalue weighted by Crippen LogP contribution is -2.65. The first-order valence-electron chi connectivity index (χ1n) is 8.51. The van der Waals surface area contributed by atoms with E-state index in [4.69, 9.17) is 10.8 Å². The number of hydrogen-bond donors (Lipinski definition) is 3. The average Bonchev–Trinajstić information content (AvgIpc) is 2.92. The van der Waals surface area contributed by atoms with Crippen LogP contribution in [-0.2, 0) is 13.0 Å². The Bertz CT molecular complexity index is 1010. The molecule has 136 valence electrons. The number of amides is 1. The Morgan fingerprint density at radius 3 is 2.81 bits per heavy atom. The standard InChI is InChI=1S/C17H20N6O3/c1-2-4-11-21-13-14(12-10(20-15(13)18)5-3-6-19-12)23(11)9-17(26)7-22(8-17)16(24)25/h3,5-6,26H,2,4,7-9H2,1H3,(H2,18,20)(H,24,25). The summed E-state index contributed by atoms with van der Waals surface area (Å²) in [4.78, 5) is 25.7. The molecule has 0 atom stereocenters. The van der Waals surface area contributed by atoms with Crippen LogP contribution >= 0.6 is 0 Å². The summed E-state index contributed by atoms with van der Waals surface area (Å²) in [5, 5.41) is 19.8. The van der Waals surface area contributed by atoms with Gasteiger partial charge in [0, 0.05) is 12.6 Å². The van der Waals surface area contributed by atoms with Crippen LogP contribution in [0.5, 0.6) is 0 Å². The number of aromatic nitrogens is 4. The van der Waals surface area contributed by atoms with Gasteiger partial charge in [-0.25, -0.2) is 14.8 Å². The van der Waals surface area contributed by atoms with Gasteiger partial charge in [-0.3, -0.25) is 4.98 Å². The number of β-amino-alcohol motifs (C(OH)–C–C–N with tert-alkyl or cyclic N) is 1. The third-order valence-corrected chi connectivity index (χ3v) is 4.71. The number of carbonyl (C=O) groups is 1. The molecule has 3 aromatic heterocycles. The van der Waals surface area contributed by atoms with E-state index in [0.29, 0.717) is 28.8 Å². The molecule has 26 heavy (non-hydrogen) atoms. The molecule has 0 bridgehead atoms. The number of nitrogens with zero attached hydrogens (tertiary/aromatic N) is 5. The maximum absolute atomic E-state index is 11.0. The van der Waals surface area contributed by atoms with Crippen molar-refractivity contribution in [1.29, 1.82) is 0 Å². The molecular weight excluding hydrogens is 336 g/mol. The highest BCUT2D eigenvalue weighted by molar-refractivity contribution is 6.04. The van der Waals surface area contributed by atoms with Gasteiger partial charge in [0.1, 0.15) is 28.0 Å². The van der Waals surface area contributed by atoms with E-state index < -0.39 is 11.7 Å². The monoisotopic (exact) mass is 356 g/mol. The van der Waals surface area contributed by atoms with Crippen LogP contribution in [-0.4, -0.2) is 59.4 Å². The maximum atomic E-state index is 11.0. The third kappa shape index (κ3) is 2.51. The number of likely N-dealkylation sites (tertiary alicyclic amines) is 1. The fraction of sp³-hybridized carbons (Fsp3) is 0.412. The van der Waals surface area contributed by atoms with E-state index in [2.05, 4.69) is 15.0 Å². The van der Waals surface area contributed by atoms with E-state index in [1.807, 2.05) is 17.6 Å². The van der Waals surface area contributed by atoms with Gasteiger partial charge >= 0.3 is 6.09 Å². The molecule has 0 radical (unpaired) electrons. The molecule has 0 saturated carbocycles. The SMILES string of the molecule is CCCc1nc2c(N)nc3cccnc3c2n1CC1(O)CN(C(=O)O)C1. The van der Waals surface area contributed by atoms with E-state index in [9.17, 15) is 9.90 Å². The third-order valence-electron chi connectivity index (χ3n) is 4.71. The van der Waals surface area contributed by atoms with Gasteiger partial charge in [-0.05, 0) is 18.6 Å².